The number of amides is 2. The van der Waals surface area contributed by atoms with Crippen molar-refractivity contribution in [3.63, 3.8) is 0 Å². The zero-order chi connectivity index (χ0) is 17.9. The minimum atomic E-state index is -0.171. The van der Waals surface area contributed by atoms with Gasteiger partial charge in [-0.1, -0.05) is 5.16 Å². The van der Waals surface area contributed by atoms with Crippen LogP contribution in [0.1, 0.15) is 45.5 Å². The molecule has 1 aromatic heterocycles. The fourth-order valence-corrected chi connectivity index (χ4v) is 2.91. The topological polar surface area (TPSA) is 74.9 Å². The van der Waals surface area contributed by atoms with Gasteiger partial charge in [0.1, 0.15) is 6.10 Å². The molecule has 1 atom stereocenters. The molecule has 0 aliphatic carbocycles. The molecule has 136 valence electrons. The largest absolute Gasteiger partial charge is 0.371 e. The van der Waals surface area contributed by atoms with E-state index in [-0.39, 0.29) is 17.7 Å². The number of carbonyl (C=O) groups excluding carboxylic acids is 1. The van der Waals surface area contributed by atoms with Gasteiger partial charge >= 0.3 is 6.03 Å². The Morgan fingerprint density at radius 3 is 2.71 bits per heavy atom. The van der Waals surface area contributed by atoms with Crippen molar-refractivity contribution in [2.24, 2.45) is 0 Å². The summed E-state index contributed by atoms with van der Waals surface area (Å²) in [5.41, 5.74) is -0.163. The van der Waals surface area contributed by atoms with E-state index < -0.39 is 0 Å². The molecule has 1 aliphatic heterocycles. The average Bonchev–Trinajstić information content (AvgIpc) is 2.97. The Morgan fingerprint density at radius 1 is 1.42 bits per heavy atom. The number of hydrogen-bond donors (Lipinski definition) is 0. The van der Waals surface area contributed by atoms with Crippen LogP contribution in [0.3, 0.4) is 0 Å². The summed E-state index contributed by atoms with van der Waals surface area (Å²) in [7, 11) is 3.56. The van der Waals surface area contributed by atoms with Crippen LogP contribution in [0.2, 0.25) is 0 Å². The summed E-state index contributed by atoms with van der Waals surface area (Å²) in [5, 5.41) is 4.01. The molecule has 8 nitrogen and oxygen atoms in total. The quantitative estimate of drug-likeness (QED) is 0.813. The molecular weight excluding hydrogens is 310 g/mol. The first-order valence-electron chi connectivity index (χ1n) is 8.40. The third-order valence-electron chi connectivity index (χ3n) is 4.32. The summed E-state index contributed by atoms with van der Waals surface area (Å²) in [6.45, 7) is 11.4. The Bertz CT molecular complexity index is 558. The van der Waals surface area contributed by atoms with Gasteiger partial charge in [0.15, 0.2) is 5.82 Å². The summed E-state index contributed by atoms with van der Waals surface area (Å²) in [6, 6.07) is 0.0494. The molecule has 2 heterocycles. The van der Waals surface area contributed by atoms with E-state index in [1.165, 1.54) is 0 Å². The Balaban J connectivity index is 2.00. The zero-order valence-corrected chi connectivity index (χ0v) is 15.6. The lowest BCUT2D eigenvalue weighted by atomic mass is 9.99. The highest BCUT2D eigenvalue weighted by molar-refractivity contribution is 5.74. The smallest absolute Gasteiger partial charge is 0.319 e. The van der Waals surface area contributed by atoms with E-state index in [9.17, 15) is 4.79 Å². The van der Waals surface area contributed by atoms with Crippen LogP contribution in [-0.4, -0.2) is 76.7 Å². The van der Waals surface area contributed by atoms with Crippen LogP contribution >= 0.6 is 0 Å². The molecule has 1 aromatic rings. The molecule has 2 amide bonds. The van der Waals surface area contributed by atoms with Crippen LogP contribution in [0.4, 0.5) is 4.79 Å². The Kier molecular flexibility index (Phi) is 5.82. The predicted octanol–water partition coefficient (Wildman–Crippen LogP) is 1.74. The summed E-state index contributed by atoms with van der Waals surface area (Å²) in [6.07, 6.45) is -0.171. The predicted molar refractivity (Wildman–Crippen MR) is 89.5 cm³/mol. The number of carbonyl (C=O) groups is 1. The first-order valence-corrected chi connectivity index (χ1v) is 8.40. The molecule has 8 heteroatoms. The van der Waals surface area contributed by atoms with Gasteiger partial charge in [0, 0.05) is 45.9 Å². The number of piperazine rings is 1. The molecule has 1 aliphatic rings. The van der Waals surface area contributed by atoms with E-state index in [4.69, 9.17) is 9.26 Å². The summed E-state index contributed by atoms with van der Waals surface area (Å²) >= 11 is 0. The fourth-order valence-electron chi connectivity index (χ4n) is 2.91. The lowest BCUT2D eigenvalue weighted by Gasteiger charge is -2.47. The average molecular weight is 339 g/mol. The molecule has 1 fully saturated rings. The summed E-state index contributed by atoms with van der Waals surface area (Å²) < 4.78 is 10.9. The lowest BCUT2D eigenvalue weighted by molar-refractivity contribution is 0.0180. The number of ether oxygens (including phenoxy) is 1. The molecule has 1 unspecified atom stereocenters. The van der Waals surface area contributed by atoms with Gasteiger partial charge in [-0.3, -0.25) is 4.90 Å². The van der Waals surface area contributed by atoms with Gasteiger partial charge in [0.25, 0.3) is 0 Å². The van der Waals surface area contributed by atoms with Crippen molar-refractivity contribution < 1.29 is 14.1 Å². The molecule has 2 rings (SSSR count). The van der Waals surface area contributed by atoms with Gasteiger partial charge < -0.3 is 19.1 Å². The third-order valence-corrected chi connectivity index (χ3v) is 4.32. The highest BCUT2D eigenvalue weighted by Crippen LogP contribution is 2.24. The van der Waals surface area contributed by atoms with Crippen LogP contribution in [0.15, 0.2) is 4.52 Å². The number of urea groups is 1. The summed E-state index contributed by atoms with van der Waals surface area (Å²) in [5.74, 6) is 1.16. The first-order chi connectivity index (χ1) is 11.2. The molecule has 0 bridgehead atoms. The third kappa shape index (κ3) is 4.24. The second kappa shape index (κ2) is 7.48. The van der Waals surface area contributed by atoms with Crippen molar-refractivity contribution in [3.05, 3.63) is 11.7 Å². The molecule has 0 radical (unpaired) electrons. The van der Waals surface area contributed by atoms with Crippen molar-refractivity contribution in [1.29, 1.82) is 0 Å². The van der Waals surface area contributed by atoms with Gasteiger partial charge in [-0.25, -0.2) is 4.79 Å². The highest BCUT2D eigenvalue weighted by Gasteiger charge is 2.36. The zero-order valence-electron chi connectivity index (χ0n) is 15.6. The Hall–Kier alpha value is -1.67. The van der Waals surface area contributed by atoms with Crippen LogP contribution in [0, 0.1) is 0 Å². The van der Waals surface area contributed by atoms with Crippen molar-refractivity contribution in [3.8, 4) is 0 Å². The molecule has 1 saturated heterocycles. The molecule has 0 N–H and O–H groups in total. The lowest BCUT2D eigenvalue weighted by Crippen LogP contribution is -2.61. The van der Waals surface area contributed by atoms with Crippen LogP contribution in [0.5, 0.6) is 0 Å². The van der Waals surface area contributed by atoms with Crippen molar-refractivity contribution in [2.75, 3.05) is 40.3 Å². The minimum Gasteiger partial charge on any atom is -0.371 e. The van der Waals surface area contributed by atoms with Crippen LogP contribution in [-0.2, 0) is 11.3 Å². The van der Waals surface area contributed by atoms with Gasteiger partial charge in [-0.05, 0) is 27.7 Å². The minimum absolute atomic E-state index is 0.0494. The van der Waals surface area contributed by atoms with Gasteiger partial charge in [-0.15, -0.1) is 0 Å². The van der Waals surface area contributed by atoms with Crippen molar-refractivity contribution in [1.82, 2.24) is 24.8 Å². The van der Waals surface area contributed by atoms with Crippen molar-refractivity contribution in [2.45, 2.75) is 45.9 Å². The van der Waals surface area contributed by atoms with E-state index in [2.05, 4.69) is 28.9 Å². The maximum atomic E-state index is 12.2. The van der Waals surface area contributed by atoms with Gasteiger partial charge in [-0.2, -0.15) is 4.98 Å². The van der Waals surface area contributed by atoms with E-state index in [1.54, 1.807) is 19.0 Å². The second-order valence-electron chi connectivity index (χ2n) is 6.98. The van der Waals surface area contributed by atoms with E-state index in [0.717, 1.165) is 6.54 Å². The number of aromatic nitrogens is 2. The van der Waals surface area contributed by atoms with Gasteiger partial charge in [0.2, 0.25) is 5.89 Å². The second-order valence-corrected chi connectivity index (χ2v) is 6.98. The van der Waals surface area contributed by atoms with Gasteiger partial charge in [0.05, 0.1) is 6.54 Å². The Labute approximate surface area is 143 Å². The van der Waals surface area contributed by atoms with Crippen molar-refractivity contribution >= 4 is 6.03 Å². The number of nitrogens with zero attached hydrogens (tertiary/aromatic N) is 5. The maximum absolute atomic E-state index is 12.2. The molecular formula is C16H29N5O3. The SMILES string of the molecule is CCOC(C)c1noc(CN2CCN(C(=O)N(C)C)CC2(C)C)n1. The van der Waals surface area contributed by atoms with E-state index in [0.29, 0.717) is 38.0 Å². The summed E-state index contributed by atoms with van der Waals surface area (Å²) in [4.78, 5) is 22.4. The fraction of sp³-hybridized carbons (Fsp3) is 0.812. The molecule has 24 heavy (non-hydrogen) atoms. The highest BCUT2D eigenvalue weighted by atomic mass is 16.5. The molecule has 0 spiro atoms. The molecule has 0 saturated carbocycles. The number of rotatable bonds is 5. The normalized spacial score (nSPS) is 19.3. The van der Waals surface area contributed by atoms with E-state index in [1.807, 2.05) is 18.7 Å². The van der Waals surface area contributed by atoms with Crippen LogP contribution in [0.25, 0.3) is 0 Å². The van der Waals surface area contributed by atoms with E-state index >= 15 is 0 Å². The number of hydrogen-bond acceptors (Lipinski definition) is 6. The van der Waals surface area contributed by atoms with Crippen LogP contribution < -0.4 is 0 Å². The monoisotopic (exact) mass is 339 g/mol. The Morgan fingerprint density at radius 2 is 2.12 bits per heavy atom. The molecule has 0 aromatic carbocycles. The first kappa shape index (κ1) is 18.7. The standard InChI is InChI=1S/C16H29N5O3/c1-7-23-12(2)14-17-13(24-18-14)10-21-9-8-20(11-16(21,3)4)15(22)19(5)6/h12H,7-11H2,1-6H3. The maximum Gasteiger partial charge on any atom is 0.319 e.